The maximum atomic E-state index is 11.3. The molecular weight excluding hydrogens is 274 g/mol. The summed E-state index contributed by atoms with van der Waals surface area (Å²) in [6.45, 7) is 7.74. The minimum atomic E-state index is -0.377. The molecule has 1 heterocycles. The van der Waals surface area contributed by atoms with E-state index in [1.165, 1.54) is 0 Å². The third kappa shape index (κ3) is 2.65. The van der Waals surface area contributed by atoms with Crippen molar-refractivity contribution in [2.24, 2.45) is 0 Å². The number of aryl methyl sites for hydroxylation is 1. The van der Waals surface area contributed by atoms with E-state index in [1.54, 1.807) is 17.0 Å². The van der Waals surface area contributed by atoms with Gasteiger partial charge in [-0.15, -0.1) is 0 Å². The monoisotopic (exact) mass is 291 g/mol. The number of nitro benzene ring substituents is 1. The van der Waals surface area contributed by atoms with Crippen LogP contribution in [0.3, 0.4) is 0 Å². The molecule has 0 unspecified atom stereocenters. The lowest BCUT2D eigenvalue weighted by Crippen LogP contribution is -2.53. The van der Waals surface area contributed by atoms with E-state index in [-0.39, 0.29) is 16.1 Å². The van der Waals surface area contributed by atoms with Crippen LogP contribution in [0.25, 0.3) is 0 Å². The van der Waals surface area contributed by atoms with Gasteiger partial charge in [0.05, 0.1) is 10.5 Å². The summed E-state index contributed by atoms with van der Waals surface area (Å²) in [5, 5.41) is 14.9. The van der Waals surface area contributed by atoms with Gasteiger partial charge in [0.2, 0.25) is 0 Å². The maximum absolute atomic E-state index is 11.3. The Balaban J connectivity index is 2.57. The molecule has 0 aromatic heterocycles. The number of nitro groups is 1. The minimum absolute atomic E-state index is 0.0570. The maximum Gasteiger partial charge on any atom is 0.293 e. The number of thiocarbonyl (C=S) groups is 1. The van der Waals surface area contributed by atoms with E-state index in [0.29, 0.717) is 10.8 Å². The van der Waals surface area contributed by atoms with Gasteiger partial charge in [0.1, 0.15) is 5.69 Å². The number of rotatable bonds is 2. The number of nitrogens with one attached hydrogen (secondary N) is 1. The van der Waals surface area contributed by atoms with Crippen LogP contribution in [-0.2, 0) is 0 Å². The first-order chi connectivity index (χ1) is 9.21. The summed E-state index contributed by atoms with van der Waals surface area (Å²) in [5.41, 5.74) is 2.02. The number of hydrogen-bond donors (Lipinski definition) is 1. The Morgan fingerprint density at radius 3 is 2.55 bits per heavy atom. The first kappa shape index (κ1) is 14.5. The zero-order chi connectivity index (χ0) is 15.1. The van der Waals surface area contributed by atoms with Crippen LogP contribution in [0.1, 0.15) is 26.3 Å². The summed E-state index contributed by atoms with van der Waals surface area (Å²) >= 11 is 5.37. The Bertz CT molecular complexity index is 623. The second kappa shape index (κ2) is 4.86. The molecule has 0 saturated heterocycles. The molecule has 1 aromatic carbocycles. The third-order valence-electron chi connectivity index (χ3n) is 3.12. The van der Waals surface area contributed by atoms with E-state index in [9.17, 15) is 10.1 Å². The second-order valence-corrected chi connectivity index (χ2v) is 5.91. The highest BCUT2D eigenvalue weighted by Gasteiger charge is 2.31. The molecule has 0 spiro atoms. The van der Waals surface area contributed by atoms with Gasteiger partial charge in [0, 0.05) is 11.8 Å². The van der Waals surface area contributed by atoms with Crippen LogP contribution in [0.15, 0.2) is 30.0 Å². The quantitative estimate of drug-likeness (QED) is 0.515. The summed E-state index contributed by atoms with van der Waals surface area (Å²) in [4.78, 5) is 12.6. The zero-order valence-electron chi connectivity index (χ0n) is 11.9. The van der Waals surface area contributed by atoms with E-state index in [2.05, 4.69) is 5.32 Å². The number of hydrogen-bond acceptors (Lipinski definition) is 3. The SMILES string of the molecule is CC1=CC(C)(C)NC(=S)N1c1ccc(C)cc1[N+](=O)[O-]. The van der Waals surface area contributed by atoms with Gasteiger partial charge in [-0.25, -0.2) is 0 Å². The first-order valence-corrected chi connectivity index (χ1v) is 6.69. The topological polar surface area (TPSA) is 58.4 Å². The van der Waals surface area contributed by atoms with Crippen molar-refractivity contribution < 1.29 is 4.92 Å². The fourth-order valence-corrected chi connectivity index (χ4v) is 2.89. The lowest BCUT2D eigenvalue weighted by molar-refractivity contribution is -0.384. The Hall–Kier alpha value is -1.95. The molecule has 106 valence electrons. The first-order valence-electron chi connectivity index (χ1n) is 6.28. The highest BCUT2D eigenvalue weighted by Crippen LogP contribution is 2.34. The molecule has 0 aliphatic carbocycles. The summed E-state index contributed by atoms with van der Waals surface area (Å²) in [7, 11) is 0. The van der Waals surface area contributed by atoms with Crippen LogP contribution in [0, 0.1) is 17.0 Å². The number of benzene rings is 1. The highest BCUT2D eigenvalue weighted by atomic mass is 32.1. The summed E-state index contributed by atoms with van der Waals surface area (Å²) in [5.74, 6) is 0. The number of nitrogens with zero attached hydrogens (tertiary/aromatic N) is 2. The van der Waals surface area contributed by atoms with E-state index in [0.717, 1.165) is 11.3 Å². The smallest absolute Gasteiger partial charge is 0.293 e. The lowest BCUT2D eigenvalue weighted by Gasteiger charge is -2.37. The largest absolute Gasteiger partial charge is 0.354 e. The molecule has 0 fully saturated rings. The van der Waals surface area contributed by atoms with Gasteiger partial charge < -0.3 is 5.32 Å². The average molecular weight is 291 g/mol. The second-order valence-electron chi connectivity index (χ2n) is 5.52. The summed E-state index contributed by atoms with van der Waals surface area (Å²) in [6, 6.07) is 5.14. The molecule has 1 aliphatic heterocycles. The van der Waals surface area contributed by atoms with Crippen molar-refractivity contribution in [2.45, 2.75) is 33.2 Å². The Morgan fingerprint density at radius 2 is 2.00 bits per heavy atom. The van der Waals surface area contributed by atoms with Crippen molar-refractivity contribution >= 4 is 28.7 Å². The summed E-state index contributed by atoms with van der Waals surface area (Å²) < 4.78 is 0. The van der Waals surface area contributed by atoms with Gasteiger partial charge in [0.15, 0.2) is 5.11 Å². The van der Waals surface area contributed by atoms with Gasteiger partial charge in [0.25, 0.3) is 5.69 Å². The van der Waals surface area contributed by atoms with Crippen LogP contribution >= 0.6 is 12.2 Å². The van der Waals surface area contributed by atoms with Crippen molar-refractivity contribution in [1.29, 1.82) is 0 Å². The molecular formula is C14H17N3O2S. The Kier molecular flexibility index (Phi) is 3.52. The molecule has 2 rings (SSSR count). The molecule has 0 radical (unpaired) electrons. The van der Waals surface area contributed by atoms with Crippen molar-refractivity contribution in [2.75, 3.05) is 4.90 Å². The molecule has 5 nitrogen and oxygen atoms in total. The van der Waals surface area contributed by atoms with Crippen LogP contribution in [0.4, 0.5) is 11.4 Å². The minimum Gasteiger partial charge on any atom is -0.354 e. The van der Waals surface area contributed by atoms with Crippen molar-refractivity contribution in [3.8, 4) is 0 Å². The zero-order valence-corrected chi connectivity index (χ0v) is 12.7. The van der Waals surface area contributed by atoms with Crippen molar-refractivity contribution in [1.82, 2.24) is 5.32 Å². The van der Waals surface area contributed by atoms with E-state index < -0.39 is 0 Å². The molecule has 0 bridgehead atoms. The fraction of sp³-hybridized carbons (Fsp3) is 0.357. The lowest BCUT2D eigenvalue weighted by atomic mass is 10.0. The third-order valence-corrected chi connectivity index (χ3v) is 3.41. The standard InChI is InChI=1S/C14H17N3O2S/c1-9-5-6-11(12(7-9)17(18)19)16-10(2)8-14(3,4)15-13(16)20/h5-8H,1-4H3,(H,15,20). The van der Waals surface area contributed by atoms with Gasteiger partial charge in [-0.3, -0.25) is 15.0 Å². The van der Waals surface area contributed by atoms with Gasteiger partial charge >= 0.3 is 0 Å². The van der Waals surface area contributed by atoms with Gasteiger partial charge in [-0.05, 0) is 57.6 Å². The molecule has 0 amide bonds. The average Bonchev–Trinajstić information content (AvgIpc) is 2.28. The molecule has 1 aliphatic rings. The van der Waals surface area contributed by atoms with Gasteiger partial charge in [-0.2, -0.15) is 0 Å². The van der Waals surface area contributed by atoms with Gasteiger partial charge in [-0.1, -0.05) is 6.07 Å². The van der Waals surface area contributed by atoms with E-state index in [1.807, 2.05) is 39.8 Å². The van der Waals surface area contributed by atoms with Crippen molar-refractivity contribution in [3.05, 3.63) is 45.6 Å². The predicted molar refractivity (Wildman–Crippen MR) is 83.9 cm³/mol. The predicted octanol–water partition coefficient (Wildman–Crippen LogP) is 3.28. The summed E-state index contributed by atoms with van der Waals surface area (Å²) in [6.07, 6.45) is 2.01. The molecule has 1 aromatic rings. The number of anilines is 1. The van der Waals surface area contributed by atoms with Crippen LogP contribution in [0.5, 0.6) is 0 Å². The van der Waals surface area contributed by atoms with Crippen molar-refractivity contribution in [3.63, 3.8) is 0 Å². The normalized spacial score (nSPS) is 17.5. The Morgan fingerprint density at radius 1 is 1.35 bits per heavy atom. The number of allylic oxidation sites excluding steroid dienone is 1. The van der Waals surface area contributed by atoms with Crippen LogP contribution < -0.4 is 10.2 Å². The highest BCUT2D eigenvalue weighted by molar-refractivity contribution is 7.80. The molecule has 0 saturated carbocycles. The van der Waals surface area contributed by atoms with E-state index >= 15 is 0 Å². The Labute approximate surface area is 123 Å². The molecule has 1 N–H and O–H groups in total. The molecule has 20 heavy (non-hydrogen) atoms. The van der Waals surface area contributed by atoms with Crippen LogP contribution in [0.2, 0.25) is 0 Å². The van der Waals surface area contributed by atoms with Crippen LogP contribution in [-0.4, -0.2) is 15.6 Å². The fourth-order valence-electron chi connectivity index (χ4n) is 2.38. The molecule has 6 heteroatoms. The van der Waals surface area contributed by atoms with E-state index in [4.69, 9.17) is 12.2 Å². The molecule has 0 atom stereocenters.